The summed E-state index contributed by atoms with van der Waals surface area (Å²) in [6.45, 7) is 5.34. The Balaban J connectivity index is 2.08. The summed E-state index contributed by atoms with van der Waals surface area (Å²) in [5, 5.41) is 0.779. The van der Waals surface area contributed by atoms with Gasteiger partial charge < -0.3 is 5.73 Å². The topological polar surface area (TPSA) is 29.3 Å². The van der Waals surface area contributed by atoms with Crippen LogP contribution in [0.25, 0.3) is 0 Å². The summed E-state index contributed by atoms with van der Waals surface area (Å²) in [4.78, 5) is 2.56. The van der Waals surface area contributed by atoms with Gasteiger partial charge in [-0.15, -0.1) is 0 Å². The molecule has 1 fully saturated rings. The molecule has 94 valence electrons. The number of nitrogens with zero attached hydrogens (tertiary/aromatic N) is 1. The van der Waals surface area contributed by atoms with Crippen LogP contribution in [-0.4, -0.2) is 35.5 Å². The molecule has 0 spiro atoms. The average molecular weight is 250 g/mol. The molecular formula is C14H22N2S. The Morgan fingerprint density at radius 3 is 2.82 bits per heavy atom. The highest BCUT2D eigenvalue weighted by Gasteiger charge is 2.25. The molecule has 1 aliphatic rings. The summed E-state index contributed by atoms with van der Waals surface area (Å²) in [5.41, 5.74) is 7.33. The van der Waals surface area contributed by atoms with Gasteiger partial charge in [0.2, 0.25) is 0 Å². The minimum Gasteiger partial charge on any atom is -0.329 e. The number of rotatable bonds is 4. The van der Waals surface area contributed by atoms with Crippen molar-refractivity contribution in [3.63, 3.8) is 0 Å². The van der Waals surface area contributed by atoms with E-state index in [1.165, 1.54) is 24.3 Å². The van der Waals surface area contributed by atoms with E-state index in [1.807, 2.05) is 0 Å². The van der Waals surface area contributed by atoms with Gasteiger partial charge in [-0.05, 0) is 12.0 Å². The van der Waals surface area contributed by atoms with E-state index in [4.69, 9.17) is 5.73 Å². The second-order valence-electron chi connectivity index (χ2n) is 4.56. The first-order valence-corrected chi connectivity index (χ1v) is 7.50. The van der Waals surface area contributed by atoms with Crippen LogP contribution in [0.15, 0.2) is 30.3 Å². The predicted octanol–water partition coefficient (Wildman–Crippen LogP) is 2.51. The van der Waals surface area contributed by atoms with E-state index in [1.54, 1.807) is 0 Å². The van der Waals surface area contributed by atoms with Crippen LogP contribution < -0.4 is 5.73 Å². The fourth-order valence-electron chi connectivity index (χ4n) is 2.44. The number of benzene rings is 1. The summed E-state index contributed by atoms with van der Waals surface area (Å²) in [6, 6.07) is 11.1. The molecule has 1 aliphatic heterocycles. The fraction of sp³-hybridized carbons (Fsp3) is 0.571. The molecule has 0 amide bonds. The zero-order valence-corrected chi connectivity index (χ0v) is 11.3. The van der Waals surface area contributed by atoms with Crippen molar-refractivity contribution in [1.29, 1.82) is 0 Å². The Morgan fingerprint density at radius 2 is 2.18 bits per heavy atom. The third-order valence-corrected chi connectivity index (χ3v) is 4.85. The maximum atomic E-state index is 5.97. The van der Waals surface area contributed by atoms with Crippen LogP contribution in [-0.2, 0) is 0 Å². The molecule has 0 saturated carbocycles. The van der Waals surface area contributed by atoms with Gasteiger partial charge in [0, 0.05) is 36.7 Å². The van der Waals surface area contributed by atoms with Gasteiger partial charge in [-0.2, -0.15) is 11.8 Å². The van der Waals surface area contributed by atoms with Crippen LogP contribution >= 0.6 is 11.8 Å². The van der Waals surface area contributed by atoms with Gasteiger partial charge in [0.15, 0.2) is 0 Å². The van der Waals surface area contributed by atoms with Gasteiger partial charge in [-0.3, -0.25) is 4.90 Å². The van der Waals surface area contributed by atoms with Crippen LogP contribution in [0.5, 0.6) is 0 Å². The third-order valence-electron chi connectivity index (χ3n) is 3.47. The van der Waals surface area contributed by atoms with E-state index in [0.29, 0.717) is 12.6 Å². The lowest BCUT2D eigenvalue weighted by Crippen LogP contribution is -2.42. The van der Waals surface area contributed by atoms with Gasteiger partial charge in [0.25, 0.3) is 0 Å². The van der Waals surface area contributed by atoms with E-state index in [-0.39, 0.29) is 0 Å². The van der Waals surface area contributed by atoms with E-state index in [9.17, 15) is 0 Å². The van der Waals surface area contributed by atoms with E-state index >= 15 is 0 Å². The quantitative estimate of drug-likeness (QED) is 0.890. The Hall–Kier alpha value is -0.510. The molecule has 0 bridgehead atoms. The van der Waals surface area contributed by atoms with Crippen molar-refractivity contribution in [2.45, 2.75) is 24.6 Å². The van der Waals surface area contributed by atoms with E-state index < -0.39 is 0 Å². The number of hydrogen-bond donors (Lipinski definition) is 1. The lowest BCUT2D eigenvalue weighted by atomic mass is 10.0. The number of nitrogens with two attached hydrogens (primary N) is 1. The van der Waals surface area contributed by atoms with Gasteiger partial charge in [-0.25, -0.2) is 0 Å². The molecule has 2 nitrogen and oxygen atoms in total. The van der Waals surface area contributed by atoms with Crippen molar-refractivity contribution in [3.8, 4) is 0 Å². The van der Waals surface area contributed by atoms with E-state index in [0.717, 1.165) is 11.8 Å². The molecule has 0 aliphatic carbocycles. The molecule has 17 heavy (non-hydrogen) atoms. The lowest BCUT2D eigenvalue weighted by Gasteiger charge is -2.37. The average Bonchev–Trinajstić information content (AvgIpc) is 2.41. The largest absolute Gasteiger partial charge is 0.329 e. The Kier molecular flexibility index (Phi) is 4.89. The number of hydrogen-bond acceptors (Lipinski definition) is 3. The Bertz CT molecular complexity index is 328. The smallest absolute Gasteiger partial charge is 0.0471 e. The first kappa shape index (κ1) is 12.9. The second kappa shape index (κ2) is 6.43. The standard InChI is InChI=1S/C14H22N2S/c1-2-13-11-16(8-9-17-13)14(10-15)12-6-4-3-5-7-12/h3-7,13-14H,2,8-11,15H2,1H3. The van der Waals surface area contributed by atoms with Crippen LogP contribution in [0.1, 0.15) is 24.9 Å². The molecule has 2 atom stereocenters. The summed E-state index contributed by atoms with van der Waals surface area (Å²) in [6.07, 6.45) is 1.26. The minimum absolute atomic E-state index is 0.395. The van der Waals surface area contributed by atoms with Crippen molar-refractivity contribution in [2.75, 3.05) is 25.4 Å². The molecule has 2 rings (SSSR count). The van der Waals surface area contributed by atoms with Gasteiger partial charge in [0.05, 0.1) is 0 Å². The lowest BCUT2D eigenvalue weighted by molar-refractivity contribution is 0.207. The highest BCUT2D eigenvalue weighted by molar-refractivity contribution is 8.00. The molecular weight excluding hydrogens is 228 g/mol. The highest BCUT2D eigenvalue weighted by Crippen LogP contribution is 2.27. The Labute approximate surface area is 109 Å². The molecule has 1 aromatic carbocycles. The van der Waals surface area contributed by atoms with Gasteiger partial charge >= 0.3 is 0 Å². The predicted molar refractivity (Wildman–Crippen MR) is 76.3 cm³/mol. The minimum atomic E-state index is 0.395. The maximum Gasteiger partial charge on any atom is 0.0471 e. The zero-order valence-electron chi connectivity index (χ0n) is 10.5. The molecule has 0 aromatic heterocycles. The summed E-state index contributed by atoms with van der Waals surface area (Å²) < 4.78 is 0. The molecule has 3 heteroatoms. The number of thioether (sulfide) groups is 1. The van der Waals surface area contributed by atoms with Crippen LogP contribution in [0.3, 0.4) is 0 Å². The summed E-state index contributed by atoms with van der Waals surface area (Å²) in [5.74, 6) is 1.24. The third kappa shape index (κ3) is 3.24. The van der Waals surface area contributed by atoms with Crippen molar-refractivity contribution < 1.29 is 0 Å². The van der Waals surface area contributed by atoms with Crippen molar-refractivity contribution in [3.05, 3.63) is 35.9 Å². The monoisotopic (exact) mass is 250 g/mol. The summed E-state index contributed by atoms with van der Waals surface area (Å²) in [7, 11) is 0. The van der Waals surface area contributed by atoms with Crippen molar-refractivity contribution >= 4 is 11.8 Å². The first-order chi connectivity index (χ1) is 8.35. The molecule has 1 heterocycles. The molecule has 2 unspecified atom stereocenters. The summed E-state index contributed by atoms with van der Waals surface area (Å²) >= 11 is 2.11. The van der Waals surface area contributed by atoms with Gasteiger partial charge in [-0.1, -0.05) is 37.3 Å². The first-order valence-electron chi connectivity index (χ1n) is 6.45. The molecule has 1 aromatic rings. The van der Waals surface area contributed by atoms with Crippen molar-refractivity contribution in [2.24, 2.45) is 5.73 Å². The zero-order chi connectivity index (χ0) is 12.1. The van der Waals surface area contributed by atoms with E-state index in [2.05, 4.69) is 53.9 Å². The van der Waals surface area contributed by atoms with Crippen LogP contribution in [0.2, 0.25) is 0 Å². The fourth-order valence-corrected chi connectivity index (χ4v) is 3.65. The molecule has 2 N–H and O–H groups in total. The highest BCUT2D eigenvalue weighted by atomic mass is 32.2. The van der Waals surface area contributed by atoms with Gasteiger partial charge in [0.1, 0.15) is 0 Å². The molecule has 0 radical (unpaired) electrons. The Morgan fingerprint density at radius 1 is 1.41 bits per heavy atom. The SMILES string of the molecule is CCC1CN(C(CN)c2ccccc2)CCS1. The van der Waals surface area contributed by atoms with Crippen LogP contribution in [0, 0.1) is 0 Å². The normalized spacial score (nSPS) is 23.5. The maximum absolute atomic E-state index is 5.97. The second-order valence-corrected chi connectivity index (χ2v) is 5.97. The molecule has 1 saturated heterocycles. The van der Waals surface area contributed by atoms with Crippen LogP contribution in [0.4, 0.5) is 0 Å². The van der Waals surface area contributed by atoms with Crippen molar-refractivity contribution in [1.82, 2.24) is 4.90 Å².